The van der Waals surface area contributed by atoms with Crippen LogP contribution in [0, 0.1) is 0 Å². The molecule has 1 rings (SSSR count). The fourth-order valence-electron chi connectivity index (χ4n) is 1.31. The predicted molar refractivity (Wildman–Crippen MR) is 68.1 cm³/mol. The molecule has 5 heteroatoms. The van der Waals surface area contributed by atoms with Gasteiger partial charge in [-0.2, -0.15) is 0 Å². The number of nitrogens with one attached hydrogen (secondary N) is 2. The van der Waals surface area contributed by atoms with Crippen molar-refractivity contribution in [3.63, 3.8) is 0 Å². The Morgan fingerprint density at radius 1 is 1.47 bits per heavy atom. The molecule has 0 aliphatic rings. The lowest BCUT2D eigenvalue weighted by Gasteiger charge is -2.06. The van der Waals surface area contributed by atoms with E-state index in [-0.39, 0.29) is 18.2 Å². The summed E-state index contributed by atoms with van der Waals surface area (Å²) in [6.07, 6.45) is 0.930. The molecule has 0 spiro atoms. The maximum Gasteiger partial charge on any atom is 0.233 e. The summed E-state index contributed by atoms with van der Waals surface area (Å²) in [5.41, 5.74) is 0.927. The van der Waals surface area contributed by atoms with E-state index in [0.717, 1.165) is 12.0 Å². The molecule has 0 unspecified atom stereocenters. The highest BCUT2D eigenvalue weighted by Crippen LogP contribution is 2.23. The molecule has 1 aromatic rings. The van der Waals surface area contributed by atoms with Gasteiger partial charge in [0, 0.05) is 13.1 Å². The summed E-state index contributed by atoms with van der Waals surface area (Å²) >= 11 is 5.77. The number of amides is 1. The van der Waals surface area contributed by atoms with Gasteiger partial charge >= 0.3 is 0 Å². The molecule has 0 aliphatic heterocycles. The number of carbonyl (C=O) groups excluding carboxylic acids is 1. The van der Waals surface area contributed by atoms with Crippen molar-refractivity contribution in [2.75, 3.05) is 13.1 Å². The average Bonchev–Trinajstić information content (AvgIpc) is 2.31. The summed E-state index contributed by atoms with van der Waals surface area (Å²) in [6.45, 7) is 3.52. The van der Waals surface area contributed by atoms with Gasteiger partial charge in [0.25, 0.3) is 0 Å². The van der Waals surface area contributed by atoms with Crippen LogP contribution in [0.3, 0.4) is 0 Å². The molecule has 0 radical (unpaired) electrons. The van der Waals surface area contributed by atoms with Crippen LogP contribution in [0.25, 0.3) is 0 Å². The number of hydrogen-bond donors (Lipinski definition) is 3. The Balaban J connectivity index is 2.30. The molecule has 1 aromatic carbocycles. The van der Waals surface area contributed by atoms with Gasteiger partial charge in [-0.05, 0) is 24.1 Å². The van der Waals surface area contributed by atoms with Crippen molar-refractivity contribution in [2.24, 2.45) is 0 Å². The van der Waals surface area contributed by atoms with E-state index >= 15 is 0 Å². The number of rotatable bonds is 6. The van der Waals surface area contributed by atoms with Crippen LogP contribution in [0.1, 0.15) is 18.9 Å². The second-order valence-corrected chi connectivity index (χ2v) is 4.15. The summed E-state index contributed by atoms with van der Waals surface area (Å²) in [4.78, 5) is 11.3. The fourth-order valence-corrected chi connectivity index (χ4v) is 1.51. The third kappa shape index (κ3) is 5.06. The average molecular weight is 257 g/mol. The van der Waals surface area contributed by atoms with Gasteiger partial charge in [0.2, 0.25) is 5.91 Å². The number of hydrogen-bond acceptors (Lipinski definition) is 3. The molecule has 3 N–H and O–H groups in total. The lowest BCUT2D eigenvalue weighted by atomic mass is 10.2. The zero-order chi connectivity index (χ0) is 12.7. The highest BCUT2D eigenvalue weighted by atomic mass is 35.5. The Labute approximate surface area is 106 Å². The Hall–Kier alpha value is -1.26. The van der Waals surface area contributed by atoms with Gasteiger partial charge in [0.05, 0.1) is 11.6 Å². The minimum absolute atomic E-state index is 0.0169. The number of aromatic hydroxyl groups is 1. The molecule has 94 valence electrons. The summed E-state index contributed by atoms with van der Waals surface area (Å²) in [5.74, 6) is 0.0489. The second kappa shape index (κ2) is 7.14. The Bertz CT molecular complexity index is 383. The zero-order valence-electron chi connectivity index (χ0n) is 9.79. The van der Waals surface area contributed by atoms with E-state index in [0.29, 0.717) is 18.1 Å². The third-order valence-electron chi connectivity index (χ3n) is 2.20. The molecule has 1 amide bonds. The van der Waals surface area contributed by atoms with Gasteiger partial charge in [-0.3, -0.25) is 4.79 Å². The first kappa shape index (κ1) is 13.8. The van der Waals surface area contributed by atoms with Gasteiger partial charge in [0.15, 0.2) is 0 Å². The van der Waals surface area contributed by atoms with Crippen LogP contribution >= 0.6 is 11.6 Å². The first-order valence-corrected chi connectivity index (χ1v) is 5.96. The SMILES string of the molecule is CCCNC(=O)CNCc1ccc(O)c(Cl)c1. The molecule has 0 atom stereocenters. The smallest absolute Gasteiger partial charge is 0.233 e. The summed E-state index contributed by atoms with van der Waals surface area (Å²) in [6, 6.07) is 4.97. The van der Waals surface area contributed by atoms with Gasteiger partial charge in [-0.1, -0.05) is 24.6 Å². The lowest BCUT2D eigenvalue weighted by molar-refractivity contribution is -0.120. The number of carbonyl (C=O) groups is 1. The Kier molecular flexibility index (Phi) is 5.80. The van der Waals surface area contributed by atoms with Crippen LogP contribution in [0.4, 0.5) is 0 Å². The molecule has 0 bridgehead atoms. The van der Waals surface area contributed by atoms with E-state index < -0.39 is 0 Å². The molecule has 0 aliphatic carbocycles. The fraction of sp³-hybridized carbons (Fsp3) is 0.417. The minimum atomic E-state index is -0.0169. The van der Waals surface area contributed by atoms with E-state index in [1.807, 2.05) is 6.92 Å². The molecule has 0 saturated heterocycles. The van der Waals surface area contributed by atoms with E-state index in [9.17, 15) is 9.90 Å². The van der Waals surface area contributed by atoms with E-state index in [1.54, 1.807) is 12.1 Å². The zero-order valence-corrected chi connectivity index (χ0v) is 10.5. The third-order valence-corrected chi connectivity index (χ3v) is 2.50. The molecule has 0 heterocycles. The van der Waals surface area contributed by atoms with Crippen molar-refractivity contribution in [3.8, 4) is 5.75 Å². The second-order valence-electron chi connectivity index (χ2n) is 3.74. The number of halogens is 1. The minimum Gasteiger partial charge on any atom is -0.506 e. The van der Waals surface area contributed by atoms with Crippen molar-refractivity contribution >= 4 is 17.5 Å². The van der Waals surface area contributed by atoms with Crippen LogP contribution in [-0.2, 0) is 11.3 Å². The molecular formula is C12H17ClN2O2. The number of benzene rings is 1. The van der Waals surface area contributed by atoms with Crippen LogP contribution in [0.15, 0.2) is 18.2 Å². The van der Waals surface area contributed by atoms with Crippen molar-refractivity contribution in [2.45, 2.75) is 19.9 Å². The van der Waals surface area contributed by atoms with Gasteiger partial charge in [0.1, 0.15) is 5.75 Å². The monoisotopic (exact) mass is 256 g/mol. The Morgan fingerprint density at radius 3 is 2.88 bits per heavy atom. The van der Waals surface area contributed by atoms with Crippen molar-refractivity contribution < 1.29 is 9.90 Å². The number of phenolic OH excluding ortho intramolecular Hbond substituents is 1. The Morgan fingerprint density at radius 2 is 2.24 bits per heavy atom. The number of phenols is 1. The molecule has 0 saturated carbocycles. The van der Waals surface area contributed by atoms with E-state index in [1.165, 1.54) is 6.07 Å². The van der Waals surface area contributed by atoms with E-state index in [4.69, 9.17) is 11.6 Å². The van der Waals surface area contributed by atoms with Crippen molar-refractivity contribution in [3.05, 3.63) is 28.8 Å². The van der Waals surface area contributed by atoms with Crippen LogP contribution in [0.2, 0.25) is 5.02 Å². The first-order chi connectivity index (χ1) is 8.13. The lowest BCUT2D eigenvalue weighted by Crippen LogP contribution is -2.33. The summed E-state index contributed by atoms with van der Waals surface area (Å²) < 4.78 is 0. The highest BCUT2D eigenvalue weighted by molar-refractivity contribution is 6.32. The molecule has 4 nitrogen and oxygen atoms in total. The molecular weight excluding hydrogens is 240 g/mol. The molecule has 0 aromatic heterocycles. The molecule has 0 fully saturated rings. The summed E-state index contributed by atoms with van der Waals surface area (Å²) in [5, 5.41) is 15.3. The van der Waals surface area contributed by atoms with Crippen LogP contribution in [0.5, 0.6) is 5.75 Å². The van der Waals surface area contributed by atoms with Gasteiger partial charge in [-0.15, -0.1) is 0 Å². The normalized spacial score (nSPS) is 10.2. The van der Waals surface area contributed by atoms with Gasteiger partial charge in [-0.25, -0.2) is 0 Å². The predicted octanol–water partition coefficient (Wildman–Crippen LogP) is 1.66. The maximum atomic E-state index is 11.3. The molecule has 17 heavy (non-hydrogen) atoms. The van der Waals surface area contributed by atoms with Crippen molar-refractivity contribution in [1.82, 2.24) is 10.6 Å². The quantitative estimate of drug-likeness (QED) is 0.726. The standard InChI is InChI=1S/C12H17ClN2O2/c1-2-5-15-12(17)8-14-7-9-3-4-11(16)10(13)6-9/h3-4,6,14,16H,2,5,7-8H2,1H3,(H,15,17). The van der Waals surface area contributed by atoms with E-state index in [2.05, 4.69) is 10.6 Å². The van der Waals surface area contributed by atoms with Crippen molar-refractivity contribution in [1.29, 1.82) is 0 Å². The topological polar surface area (TPSA) is 61.4 Å². The highest BCUT2D eigenvalue weighted by Gasteiger charge is 2.02. The summed E-state index contributed by atoms with van der Waals surface area (Å²) in [7, 11) is 0. The first-order valence-electron chi connectivity index (χ1n) is 5.58. The van der Waals surface area contributed by atoms with Crippen LogP contribution in [-0.4, -0.2) is 24.1 Å². The van der Waals surface area contributed by atoms with Crippen LogP contribution < -0.4 is 10.6 Å². The maximum absolute atomic E-state index is 11.3. The van der Waals surface area contributed by atoms with Gasteiger partial charge < -0.3 is 15.7 Å². The largest absolute Gasteiger partial charge is 0.506 e.